The van der Waals surface area contributed by atoms with Crippen LogP contribution in [0, 0.1) is 0 Å². The SMILES string of the molecule is C1OC1CSc1nc(SCC2CO2)nc(SCC2CO2)n1. The van der Waals surface area contributed by atoms with Gasteiger partial charge in [-0.25, -0.2) is 0 Å². The van der Waals surface area contributed by atoms with E-state index in [9.17, 15) is 0 Å². The summed E-state index contributed by atoms with van der Waals surface area (Å²) in [4.78, 5) is 13.6. The highest BCUT2D eigenvalue weighted by Crippen LogP contribution is 2.28. The number of aromatic nitrogens is 3. The Bertz CT molecular complexity index is 426. The maximum Gasteiger partial charge on any atom is 0.192 e. The highest BCUT2D eigenvalue weighted by atomic mass is 32.2. The zero-order valence-electron chi connectivity index (χ0n) is 11.3. The highest BCUT2D eigenvalue weighted by Gasteiger charge is 2.26. The minimum atomic E-state index is 0.374. The van der Waals surface area contributed by atoms with Gasteiger partial charge in [-0.15, -0.1) is 0 Å². The summed E-state index contributed by atoms with van der Waals surface area (Å²) in [7, 11) is 0. The lowest BCUT2D eigenvalue weighted by atomic mass is 10.6. The first-order valence-corrected chi connectivity index (χ1v) is 9.80. The summed E-state index contributed by atoms with van der Waals surface area (Å²) >= 11 is 4.93. The Balaban J connectivity index is 1.40. The van der Waals surface area contributed by atoms with Crippen molar-refractivity contribution in [2.75, 3.05) is 37.1 Å². The molecule has 0 N–H and O–H groups in total. The molecule has 0 amide bonds. The van der Waals surface area contributed by atoms with Crippen LogP contribution in [0.2, 0.25) is 0 Å². The molecule has 0 aliphatic carbocycles. The summed E-state index contributed by atoms with van der Waals surface area (Å²) in [6.07, 6.45) is 1.12. The zero-order valence-corrected chi connectivity index (χ0v) is 13.7. The second-order valence-electron chi connectivity index (χ2n) is 4.98. The number of nitrogens with zero attached hydrogens (tertiary/aromatic N) is 3. The Morgan fingerprint density at radius 2 is 0.952 bits per heavy atom. The Kier molecular flexibility index (Phi) is 4.56. The molecule has 3 fully saturated rings. The van der Waals surface area contributed by atoms with Crippen molar-refractivity contribution in [2.45, 2.75) is 33.8 Å². The van der Waals surface area contributed by atoms with Gasteiger partial charge >= 0.3 is 0 Å². The van der Waals surface area contributed by atoms with Gasteiger partial charge in [-0.05, 0) is 0 Å². The van der Waals surface area contributed by atoms with Crippen molar-refractivity contribution in [1.82, 2.24) is 15.0 Å². The molecule has 21 heavy (non-hydrogen) atoms. The average molecular weight is 345 g/mol. The monoisotopic (exact) mass is 345 g/mol. The quantitative estimate of drug-likeness (QED) is 0.487. The summed E-state index contributed by atoms with van der Waals surface area (Å²) in [5, 5.41) is 2.37. The second-order valence-corrected chi connectivity index (χ2v) is 7.94. The van der Waals surface area contributed by atoms with E-state index < -0.39 is 0 Å². The Hall–Kier alpha value is -0.0600. The van der Waals surface area contributed by atoms with Crippen LogP contribution in [0.4, 0.5) is 0 Å². The van der Waals surface area contributed by atoms with Gasteiger partial charge < -0.3 is 14.2 Å². The third-order valence-corrected chi connectivity index (χ3v) is 5.91. The largest absolute Gasteiger partial charge is 0.372 e. The summed E-state index contributed by atoms with van der Waals surface area (Å²) < 4.78 is 15.7. The maximum absolute atomic E-state index is 5.23. The summed E-state index contributed by atoms with van der Waals surface area (Å²) in [5.41, 5.74) is 0. The lowest BCUT2D eigenvalue weighted by Crippen LogP contribution is -2.02. The number of epoxide rings is 3. The fourth-order valence-corrected chi connectivity index (χ4v) is 4.17. The van der Waals surface area contributed by atoms with Gasteiger partial charge in [-0.1, -0.05) is 35.3 Å². The van der Waals surface area contributed by atoms with E-state index in [2.05, 4.69) is 15.0 Å². The van der Waals surface area contributed by atoms with E-state index in [-0.39, 0.29) is 0 Å². The van der Waals surface area contributed by atoms with Gasteiger partial charge in [0.05, 0.1) is 38.1 Å². The van der Waals surface area contributed by atoms with Crippen LogP contribution in [-0.2, 0) is 14.2 Å². The van der Waals surface area contributed by atoms with Crippen LogP contribution in [0.1, 0.15) is 0 Å². The Morgan fingerprint density at radius 3 is 1.19 bits per heavy atom. The molecule has 114 valence electrons. The number of rotatable bonds is 9. The summed E-state index contributed by atoms with van der Waals surface area (Å²) in [6.45, 7) is 2.58. The third-order valence-electron chi connectivity index (χ3n) is 2.98. The van der Waals surface area contributed by atoms with E-state index in [0.717, 1.165) is 52.5 Å². The smallest absolute Gasteiger partial charge is 0.192 e. The molecule has 0 saturated carbocycles. The number of hydrogen-bond acceptors (Lipinski definition) is 9. The molecule has 0 aromatic carbocycles. The molecule has 3 unspecified atom stereocenters. The molecule has 9 heteroatoms. The fraction of sp³-hybridized carbons (Fsp3) is 0.750. The molecule has 0 bridgehead atoms. The lowest BCUT2D eigenvalue weighted by Gasteiger charge is -2.05. The molecule has 3 aliphatic heterocycles. The van der Waals surface area contributed by atoms with Gasteiger partial charge in [-0.2, -0.15) is 15.0 Å². The first kappa shape index (κ1) is 14.5. The summed E-state index contributed by atoms with van der Waals surface area (Å²) in [6, 6.07) is 0. The number of thioether (sulfide) groups is 3. The van der Waals surface area contributed by atoms with Crippen molar-refractivity contribution in [3.63, 3.8) is 0 Å². The van der Waals surface area contributed by atoms with Crippen LogP contribution >= 0.6 is 35.3 Å². The molecule has 3 atom stereocenters. The molecule has 3 aliphatic rings. The van der Waals surface area contributed by atoms with E-state index in [1.54, 1.807) is 35.3 Å². The maximum atomic E-state index is 5.23. The topological polar surface area (TPSA) is 76.3 Å². The van der Waals surface area contributed by atoms with Gasteiger partial charge in [0.1, 0.15) is 0 Å². The predicted molar refractivity (Wildman–Crippen MR) is 81.2 cm³/mol. The number of hydrogen-bond donors (Lipinski definition) is 0. The van der Waals surface area contributed by atoms with E-state index in [1.807, 2.05) is 0 Å². The van der Waals surface area contributed by atoms with Crippen LogP contribution < -0.4 is 0 Å². The first-order valence-electron chi connectivity index (χ1n) is 6.84. The minimum absolute atomic E-state index is 0.374. The molecule has 4 rings (SSSR count). The molecule has 0 spiro atoms. The van der Waals surface area contributed by atoms with Crippen LogP contribution in [0.15, 0.2) is 15.5 Å². The van der Waals surface area contributed by atoms with E-state index in [4.69, 9.17) is 14.2 Å². The Labute approximate surface area is 135 Å². The number of ether oxygens (including phenoxy) is 3. The molecule has 1 aromatic heterocycles. The van der Waals surface area contributed by atoms with Crippen molar-refractivity contribution in [3.8, 4) is 0 Å². The van der Waals surface area contributed by atoms with Crippen molar-refractivity contribution < 1.29 is 14.2 Å². The van der Waals surface area contributed by atoms with Crippen LogP contribution in [0.5, 0.6) is 0 Å². The van der Waals surface area contributed by atoms with Crippen LogP contribution in [-0.4, -0.2) is 70.3 Å². The Morgan fingerprint density at radius 1 is 0.667 bits per heavy atom. The van der Waals surface area contributed by atoms with Gasteiger partial charge in [0.2, 0.25) is 0 Å². The second kappa shape index (κ2) is 6.59. The molecule has 0 radical (unpaired) electrons. The van der Waals surface area contributed by atoms with E-state index in [0.29, 0.717) is 18.3 Å². The van der Waals surface area contributed by atoms with Gasteiger partial charge in [0.15, 0.2) is 15.5 Å². The van der Waals surface area contributed by atoms with Gasteiger partial charge in [-0.3, -0.25) is 0 Å². The fourth-order valence-electron chi connectivity index (χ4n) is 1.51. The van der Waals surface area contributed by atoms with Gasteiger partial charge in [0.25, 0.3) is 0 Å². The van der Waals surface area contributed by atoms with Gasteiger partial charge in [0, 0.05) is 17.3 Å². The molecular weight excluding hydrogens is 330 g/mol. The molecule has 6 nitrogen and oxygen atoms in total. The van der Waals surface area contributed by atoms with Crippen molar-refractivity contribution >= 4 is 35.3 Å². The summed E-state index contributed by atoms with van der Waals surface area (Å²) in [5.74, 6) is 2.74. The average Bonchev–Trinajstić information content (AvgIpc) is 3.38. The van der Waals surface area contributed by atoms with Crippen molar-refractivity contribution in [3.05, 3.63) is 0 Å². The first-order chi connectivity index (χ1) is 10.3. The predicted octanol–water partition coefficient (Wildman–Crippen LogP) is 1.34. The molecule has 1 aromatic rings. The zero-order chi connectivity index (χ0) is 14.1. The molecule has 4 heterocycles. The lowest BCUT2D eigenvalue weighted by molar-refractivity contribution is 0.426. The standard InChI is InChI=1S/C12H15N3O3S3/c1-7(16-1)4-19-10-13-11(20-5-8-2-17-8)15-12(14-10)21-6-9-3-18-9/h7-9H,1-6H2. The van der Waals surface area contributed by atoms with Crippen LogP contribution in [0.3, 0.4) is 0 Å². The highest BCUT2D eigenvalue weighted by molar-refractivity contribution is 8.00. The van der Waals surface area contributed by atoms with Crippen molar-refractivity contribution in [2.24, 2.45) is 0 Å². The molecular formula is C12H15N3O3S3. The third kappa shape index (κ3) is 4.97. The molecule has 3 saturated heterocycles. The van der Waals surface area contributed by atoms with E-state index in [1.165, 1.54) is 0 Å². The normalized spacial score (nSPS) is 29.4. The van der Waals surface area contributed by atoms with Crippen molar-refractivity contribution in [1.29, 1.82) is 0 Å². The van der Waals surface area contributed by atoms with E-state index >= 15 is 0 Å². The minimum Gasteiger partial charge on any atom is -0.372 e. The van der Waals surface area contributed by atoms with Crippen LogP contribution in [0.25, 0.3) is 0 Å².